The smallest absolute Gasteiger partial charge is 0.0571 e. The first-order chi connectivity index (χ1) is 10.2. The van der Waals surface area contributed by atoms with Crippen LogP contribution < -0.4 is 5.32 Å². The first-order valence-corrected chi connectivity index (χ1v) is 8.07. The van der Waals surface area contributed by atoms with Crippen LogP contribution in [0.1, 0.15) is 50.9 Å². The Hall–Kier alpha value is -1.61. The number of rotatable bonds is 7. The van der Waals surface area contributed by atoms with Crippen LogP contribution in [-0.4, -0.2) is 16.3 Å². The maximum Gasteiger partial charge on any atom is 0.0571 e. The molecule has 21 heavy (non-hydrogen) atoms. The Labute approximate surface area is 128 Å². The van der Waals surface area contributed by atoms with E-state index in [4.69, 9.17) is 0 Å². The van der Waals surface area contributed by atoms with E-state index in [0.29, 0.717) is 6.04 Å². The van der Waals surface area contributed by atoms with E-state index in [9.17, 15) is 0 Å². The van der Waals surface area contributed by atoms with Gasteiger partial charge >= 0.3 is 0 Å². The van der Waals surface area contributed by atoms with Gasteiger partial charge in [-0.1, -0.05) is 39.0 Å². The summed E-state index contributed by atoms with van der Waals surface area (Å²) in [6.07, 6.45) is 4.21. The molecule has 1 aromatic heterocycles. The van der Waals surface area contributed by atoms with Gasteiger partial charge in [0.2, 0.25) is 0 Å². The predicted octanol–water partition coefficient (Wildman–Crippen LogP) is 4.33. The number of nitrogens with one attached hydrogen (secondary N) is 1. The molecule has 1 N–H and O–H groups in total. The highest BCUT2D eigenvalue weighted by atomic mass is 15.3. The van der Waals surface area contributed by atoms with Crippen molar-refractivity contribution in [3.8, 4) is 11.1 Å². The molecule has 1 heterocycles. The Balaban J connectivity index is 2.32. The molecule has 0 aliphatic carbocycles. The van der Waals surface area contributed by atoms with Crippen molar-refractivity contribution in [1.29, 1.82) is 0 Å². The standard InChI is InChI=1S/C18H27N3/c1-5-11-21-14(4)17(13-20-21)15-9-8-10-16(12-15)18(6-2)19-7-3/h8-10,12-13,18-19H,5-7,11H2,1-4H3. The van der Waals surface area contributed by atoms with Crippen LogP contribution in [0.3, 0.4) is 0 Å². The van der Waals surface area contributed by atoms with Crippen molar-refractivity contribution >= 4 is 0 Å². The quantitative estimate of drug-likeness (QED) is 0.820. The van der Waals surface area contributed by atoms with Gasteiger partial charge in [0.05, 0.1) is 6.20 Å². The molecule has 3 nitrogen and oxygen atoms in total. The lowest BCUT2D eigenvalue weighted by molar-refractivity contribution is 0.537. The van der Waals surface area contributed by atoms with Crippen LogP contribution in [0.5, 0.6) is 0 Å². The molecule has 0 aliphatic rings. The number of hydrogen-bond acceptors (Lipinski definition) is 2. The van der Waals surface area contributed by atoms with Gasteiger partial charge in [-0.2, -0.15) is 5.10 Å². The van der Waals surface area contributed by atoms with Crippen LogP contribution in [0.15, 0.2) is 30.5 Å². The number of benzene rings is 1. The molecule has 0 radical (unpaired) electrons. The second-order valence-electron chi connectivity index (χ2n) is 5.51. The summed E-state index contributed by atoms with van der Waals surface area (Å²) in [6, 6.07) is 9.29. The second kappa shape index (κ2) is 7.41. The summed E-state index contributed by atoms with van der Waals surface area (Å²) in [7, 11) is 0. The minimum Gasteiger partial charge on any atom is -0.310 e. The fourth-order valence-electron chi connectivity index (χ4n) is 2.83. The lowest BCUT2D eigenvalue weighted by Gasteiger charge is -2.17. The minimum absolute atomic E-state index is 0.431. The number of nitrogens with zero attached hydrogens (tertiary/aromatic N) is 2. The van der Waals surface area contributed by atoms with E-state index in [1.54, 1.807) is 0 Å². The molecule has 0 saturated carbocycles. The van der Waals surface area contributed by atoms with E-state index in [0.717, 1.165) is 25.9 Å². The first-order valence-electron chi connectivity index (χ1n) is 8.07. The molecule has 1 aromatic carbocycles. The number of aromatic nitrogens is 2. The summed E-state index contributed by atoms with van der Waals surface area (Å²) in [4.78, 5) is 0. The molecular formula is C18H27N3. The second-order valence-corrected chi connectivity index (χ2v) is 5.51. The van der Waals surface area contributed by atoms with E-state index >= 15 is 0 Å². The SMILES string of the molecule is CCCn1ncc(-c2cccc(C(CC)NCC)c2)c1C. The zero-order valence-corrected chi connectivity index (χ0v) is 13.7. The number of hydrogen-bond donors (Lipinski definition) is 1. The zero-order chi connectivity index (χ0) is 15.2. The highest BCUT2D eigenvalue weighted by Gasteiger charge is 2.12. The molecule has 0 aliphatic heterocycles. The Kier molecular flexibility index (Phi) is 5.57. The van der Waals surface area contributed by atoms with Gasteiger partial charge in [0.25, 0.3) is 0 Å². The van der Waals surface area contributed by atoms with Gasteiger partial charge < -0.3 is 5.32 Å². The molecule has 3 heteroatoms. The molecule has 0 spiro atoms. The molecular weight excluding hydrogens is 258 g/mol. The summed E-state index contributed by atoms with van der Waals surface area (Å²) < 4.78 is 2.10. The Bertz CT molecular complexity index is 572. The van der Waals surface area contributed by atoms with E-state index in [1.165, 1.54) is 22.4 Å². The van der Waals surface area contributed by atoms with Crippen molar-refractivity contribution in [2.24, 2.45) is 0 Å². The molecule has 2 aromatic rings. The molecule has 0 amide bonds. The Morgan fingerprint density at radius 3 is 2.71 bits per heavy atom. The minimum atomic E-state index is 0.431. The van der Waals surface area contributed by atoms with Crippen molar-refractivity contribution in [1.82, 2.24) is 15.1 Å². The molecule has 114 valence electrons. The molecule has 2 rings (SSSR count). The van der Waals surface area contributed by atoms with E-state index in [1.807, 2.05) is 6.20 Å². The van der Waals surface area contributed by atoms with Crippen LogP contribution in [0, 0.1) is 6.92 Å². The van der Waals surface area contributed by atoms with Gasteiger partial charge in [0, 0.05) is 23.8 Å². The third-order valence-electron chi connectivity index (χ3n) is 4.00. The van der Waals surface area contributed by atoms with Gasteiger partial charge in [0.15, 0.2) is 0 Å². The summed E-state index contributed by atoms with van der Waals surface area (Å²) in [6.45, 7) is 10.7. The van der Waals surface area contributed by atoms with Crippen molar-refractivity contribution in [3.63, 3.8) is 0 Å². The average molecular weight is 285 g/mol. The Morgan fingerprint density at radius 1 is 1.24 bits per heavy atom. The predicted molar refractivity (Wildman–Crippen MR) is 89.4 cm³/mol. The third kappa shape index (κ3) is 3.53. The maximum atomic E-state index is 4.51. The Morgan fingerprint density at radius 2 is 2.05 bits per heavy atom. The summed E-state index contributed by atoms with van der Waals surface area (Å²) in [5.74, 6) is 0. The van der Waals surface area contributed by atoms with Crippen molar-refractivity contribution in [2.75, 3.05) is 6.54 Å². The number of aryl methyl sites for hydroxylation is 1. The first kappa shape index (κ1) is 15.8. The van der Waals surface area contributed by atoms with E-state index in [-0.39, 0.29) is 0 Å². The largest absolute Gasteiger partial charge is 0.310 e. The molecule has 1 unspecified atom stereocenters. The monoisotopic (exact) mass is 285 g/mol. The fourth-order valence-corrected chi connectivity index (χ4v) is 2.83. The molecule has 1 atom stereocenters. The van der Waals surface area contributed by atoms with E-state index < -0.39 is 0 Å². The summed E-state index contributed by atoms with van der Waals surface area (Å²) in [5.41, 5.74) is 5.13. The lowest BCUT2D eigenvalue weighted by Crippen LogP contribution is -2.19. The average Bonchev–Trinajstić information content (AvgIpc) is 2.86. The van der Waals surface area contributed by atoms with Crippen molar-refractivity contribution < 1.29 is 0 Å². The van der Waals surface area contributed by atoms with Gasteiger partial charge in [-0.25, -0.2) is 0 Å². The summed E-state index contributed by atoms with van der Waals surface area (Å²) in [5, 5.41) is 8.06. The maximum absolute atomic E-state index is 4.51. The van der Waals surface area contributed by atoms with Crippen LogP contribution in [-0.2, 0) is 6.54 Å². The van der Waals surface area contributed by atoms with Gasteiger partial charge in [-0.05, 0) is 43.5 Å². The molecule has 0 bridgehead atoms. The van der Waals surface area contributed by atoms with E-state index in [2.05, 4.69) is 67.1 Å². The van der Waals surface area contributed by atoms with Crippen LogP contribution >= 0.6 is 0 Å². The fraction of sp³-hybridized carbons (Fsp3) is 0.500. The van der Waals surface area contributed by atoms with Crippen molar-refractivity contribution in [2.45, 2.75) is 53.1 Å². The summed E-state index contributed by atoms with van der Waals surface area (Å²) >= 11 is 0. The molecule has 0 fully saturated rings. The molecule has 0 saturated heterocycles. The highest BCUT2D eigenvalue weighted by molar-refractivity contribution is 5.66. The van der Waals surface area contributed by atoms with Gasteiger partial charge in [0.1, 0.15) is 0 Å². The highest BCUT2D eigenvalue weighted by Crippen LogP contribution is 2.27. The van der Waals surface area contributed by atoms with Gasteiger partial charge in [-0.15, -0.1) is 0 Å². The normalized spacial score (nSPS) is 12.6. The van der Waals surface area contributed by atoms with Gasteiger partial charge in [-0.3, -0.25) is 4.68 Å². The van der Waals surface area contributed by atoms with Crippen LogP contribution in [0.2, 0.25) is 0 Å². The lowest BCUT2D eigenvalue weighted by atomic mass is 9.98. The zero-order valence-electron chi connectivity index (χ0n) is 13.7. The van der Waals surface area contributed by atoms with Crippen LogP contribution in [0.4, 0.5) is 0 Å². The van der Waals surface area contributed by atoms with Crippen molar-refractivity contribution in [3.05, 3.63) is 41.7 Å². The van der Waals surface area contributed by atoms with Crippen LogP contribution in [0.25, 0.3) is 11.1 Å². The topological polar surface area (TPSA) is 29.9 Å². The third-order valence-corrected chi connectivity index (χ3v) is 4.00.